The average molecular weight is 522 g/mol. The van der Waals surface area contributed by atoms with Crippen molar-refractivity contribution in [2.24, 2.45) is 0 Å². The first-order valence-corrected chi connectivity index (χ1v) is 11.5. The van der Waals surface area contributed by atoms with Crippen molar-refractivity contribution in [3.05, 3.63) is 85.8 Å². The standard InChI is InChI=1S/C24H20BrN5O4/c1-2-11-30-23(31)21-19(27-24(30)32)12-18(26-21)14-5-9-17(10-6-14)33-13-20-28-22(29-34-20)15-3-7-16(25)8-4-15/h3-10,12,26H,2,11,13H2,1H3,(H,27,32). The minimum absolute atomic E-state index is 0.132. The first-order valence-electron chi connectivity index (χ1n) is 10.7. The molecule has 5 aromatic rings. The molecule has 0 aliphatic carbocycles. The molecule has 0 saturated heterocycles. The van der Waals surface area contributed by atoms with Crippen LogP contribution in [0.4, 0.5) is 0 Å². The van der Waals surface area contributed by atoms with Gasteiger partial charge in [-0.05, 0) is 66.6 Å². The van der Waals surface area contributed by atoms with E-state index in [0.717, 1.165) is 21.3 Å². The van der Waals surface area contributed by atoms with Gasteiger partial charge in [-0.1, -0.05) is 28.0 Å². The van der Waals surface area contributed by atoms with Crippen LogP contribution in [0.3, 0.4) is 0 Å². The molecule has 0 spiro atoms. The second-order valence-electron chi connectivity index (χ2n) is 7.69. The number of H-pyrrole nitrogens is 2. The Morgan fingerprint density at radius 1 is 1.03 bits per heavy atom. The zero-order valence-corrected chi connectivity index (χ0v) is 19.8. The highest BCUT2D eigenvalue weighted by Crippen LogP contribution is 2.24. The van der Waals surface area contributed by atoms with E-state index in [9.17, 15) is 9.59 Å². The fourth-order valence-electron chi connectivity index (χ4n) is 3.62. The minimum Gasteiger partial charge on any atom is -0.484 e. The maximum Gasteiger partial charge on any atom is 0.328 e. The summed E-state index contributed by atoms with van der Waals surface area (Å²) in [7, 11) is 0. The molecule has 2 N–H and O–H groups in total. The van der Waals surface area contributed by atoms with E-state index in [0.29, 0.717) is 41.5 Å². The molecule has 10 heteroatoms. The topological polar surface area (TPSA) is 119 Å². The monoisotopic (exact) mass is 521 g/mol. The van der Waals surface area contributed by atoms with Crippen molar-refractivity contribution >= 4 is 27.0 Å². The fourth-order valence-corrected chi connectivity index (χ4v) is 3.88. The molecule has 0 aliphatic rings. The number of nitrogens with one attached hydrogen (secondary N) is 2. The van der Waals surface area contributed by atoms with Crippen molar-refractivity contribution in [1.29, 1.82) is 0 Å². The molecule has 0 atom stereocenters. The Morgan fingerprint density at radius 3 is 2.50 bits per heavy atom. The zero-order chi connectivity index (χ0) is 23.7. The van der Waals surface area contributed by atoms with Gasteiger partial charge in [-0.3, -0.25) is 9.36 Å². The van der Waals surface area contributed by atoms with Gasteiger partial charge in [0.25, 0.3) is 11.4 Å². The number of ether oxygens (including phenoxy) is 1. The number of aromatic nitrogens is 5. The van der Waals surface area contributed by atoms with E-state index in [4.69, 9.17) is 9.26 Å². The maximum absolute atomic E-state index is 12.6. The van der Waals surface area contributed by atoms with Crippen LogP contribution in [0.25, 0.3) is 33.7 Å². The number of aromatic amines is 2. The van der Waals surface area contributed by atoms with Crippen molar-refractivity contribution in [1.82, 2.24) is 24.7 Å². The van der Waals surface area contributed by atoms with Gasteiger partial charge in [0, 0.05) is 22.3 Å². The van der Waals surface area contributed by atoms with E-state index in [-0.39, 0.29) is 12.2 Å². The molecule has 5 rings (SSSR count). The van der Waals surface area contributed by atoms with Gasteiger partial charge in [-0.25, -0.2) is 4.79 Å². The van der Waals surface area contributed by atoms with Gasteiger partial charge in [0.1, 0.15) is 11.3 Å². The van der Waals surface area contributed by atoms with Gasteiger partial charge >= 0.3 is 5.69 Å². The number of fused-ring (bicyclic) bond motifs is 1. The third-order valence-corrected chi connectivity index (χ3v) is 5.84. The molecule has 0 saturated carbocycles. The maximum atomic E-state index is 12.6. The Hall–Kier alpha value is -3.92. The third-order valence-electron chi connectivity index (χ3n) is 5.31. The SMILES string of the molecule is CCCn1c(=O)[nH]c2cc(-c3ccc(OCc4nc(-c5ccc(Br)cc5)no4)cc3)[nH]c2c1=O. The molecule has 0 unspecified atom stereocenters. The molecule has 0 aliphatic heterocycles. The molecular formula is C24H20BrN5O4. The smallest absolute Gasteiger partial charge is 0.328 e. The Labute approximate surface area is 201 Å². The Kier molecular flexibility index (Phi) is 5.89. The zero-order valence-electron chi connectivity index (χ0n) is 18.2. The lowest BCUT2D eigenvalue weighted by atomic mass is 10.1. The van der Waals surface area contributed by atoms with E-state index >= 15 is 0 Å². The van der Waals surface area contributed by atoms with Crippen LogP contribution in [0.1, 0.15) is 19.2 Å². The molecule has 3 heterocycles. The molecule has 0 amide bonds. The van der Waals surface area contributed by atoms with Gasteiger partial charge in [0.05, 0.1) is 5.52 Å². The van der Waals surface area contributed by atoms with E-state index in [1.165, 1.54) is 4.57 Å². The quantitative estimate of drug-likeness (QED) is 0.325. The van der Waals surface area contributed by atoms with E-state index in [2.05, 4.69) is 36.0 Å². The Balaban J connectivity index is 1.30. The van der Waals surface area contributed by atoms with Gasteiger partial charge in [0.15, 0.2) is 6.61 Å². The molecule has 0 fully saturated rings. The summed E-state index contributed by atoms with van der Waals surface area (Å²) in [5.41, 5.74) is 2.55. The van der Waals surface area contributed by atoms with Crippen LogP contribution in [0.2, 0.25) is 0 Å². The van der Waals surface area contributed by atoms with E-state index < -0.39 is 5.69 Å². The second-order valence-corrected chi connectivity index (χ2v) is 8.61. The Morgan fingerprint density at radius 2 is 1.76 bits per heavy atom. The summed E-state index contributed by atoms with van der Waals surface area (Å²) >= 11 is 3.40. The number of benzene rings is 2. The van der Waals surface area contributed by atoms with Crippen molar-refractivity contribution < 1.29 is 9.26 Å². The highest BCUT2D eigenvalue weighted by Gasteiger charge is 2.12. The normalized spacial score (nSPS) is 11.2. The number of hydrogen-bond acceptors (Lipinski definition) is 6. The van der Waals surface area contributed by atoms with Crippen LogP contribution in [0.5, 0.6) is 5.75 Å². The van der Waals surface area contributed by atoms with Crippen LogP contribution in [0, 0.1) is 0 Å². The van der Waals surface area contributed by atoms with Gasteiger partial charge < -0.3 is 19.2 Å². The molecule has 172 valence electrons. The summed E-state index contributed by atoms with van der Waals surface area (Å²) in [5, 5.41) is 4.00. The first kappa shape index (κ1) is 21.9. The summed E-state index contributed by atoms with van der Waals surface area (Å²) in [6.07, 6.45) is 0.693. The molecule has 34 heavy (non-hydrogen) atoms. The summed E-state index contributed by atoms with van der Waals surface area (Å²) in [6, 6.07) is 16.7. The van der Waals surface area contributed by atoms with Crippen LogP contribution >= 0.6 is 15.9 Å². The molecule has 3 aromatic heterocycles. The van der Waals surface area contributed by atoms with Gasteiger partial charge in [-0.15, -0.1) is 0 Å². The number of rotatable bonds is 7. The molecule has 2 aromatic carbocycles. The largest absolute Gasteiger partial charge is 0.484 e. The van der Waals surface area contributed by atoms with Gasteiger partial charge in [0.2, 0.25) is 5.82 Å². The van der Waals surface area contributed by atoms with Crippen molar-refractivity contribution in [2.75, 3.05) is 0 Å². The van der Waals surface area contributed by atoms with Crippen LogP contribution in [-0.2, 0) is 13.2 Å². The molecule has 9 nitrogen and oxygen atoms in total. The Bertz CT molecular complexity index is 1560. The lowest BCUT2D eigenvalue weighted by Gasteiger charge is -2.04. The van der Waals surface area contributed by atoms with Gasteiger partial charge in [-0.2, -0.15) is 4.98 Å². The number of halogens is 1. The number of nitrogens with zero attached hydrogens (tertiary/aromatic N) is 3. The average Bonchev–Trinajstić information content (AvgIpc) is 3.49. The number of hydrogen-bond donors (Lipinski definition) is 2. The van der Waals surface area contributed by atoms with Crippen molar-refractivity contribution in [2.45, 2.75) is 26.5 Å². The predicted molar refractivity (Wildman–Crippen MR) is 131 cm³/mol. The van der Waals surface area contributed by atoms with Crippen LogP contribution < -0.4 is 16.0 Å². The summed E-state index contributed by atoms with van der Waals surface area (Å²) in [4.78, 5) is 35.1. The lowest BCUT2D eigenvalue weighted by molar-refractivity contribution is 0.243. The minimum atomic E-state index is -0.405. The highest BCUT2D eigenvalue weighted by atomic mass is 79.9. The van der Waals surface area contributed by atoms with Crippen LogP contribution in [-0.4, -0.2) is 24.7 Å². The fraction of sp³-hybridized carbons (Fsp3) is 0.167. The molecular weight excluding hydrogens is 502 g/mol. The summed E-state index contributed by atoms with van der Waals surface area (Å²) in [5.74, 6) is 1.49. The lowest BCUT2D eigenvalue weighted by Crippen LogP contribution is -2.34. The van der Waals surface area contributed by atoms with Crippen molar-refractivity contribution in [3.63, 3.8) is 0 Å². The summed E-state index contributed by atoms with van der Waals surface area (Å²) < 4.78 is 13.2. The second kappa shape index (κ2) is 9.14. The predicted octanol–water partition coefficient (Wildman–Crippen LogP) is 4.49. The highest BCUT2D eigenvalue weighted by molar-refractivity contribution is 9.10. The first-order chi connectivity index (χ1) is 16.5. The van der Waals surface area contributed by atoms with Crippen molar-refractivity contribution in [3.8, 4) is 28.4 Å². The van der Waals surface area contributed by atoms with Crippen LogP contribution in [0.15, 0.2) is 73.2 Å². The molecule has 0 bridgehead atoms. The summed E-state index contributed by atoms with van der Waals surface area (Å²) in [6.45, 7) is 2.42. The molecule has 0 radical (unpaired) electrons. The van der Waals surface area contributed by atoms with E-state index in [1.807, 2.05) is 55.5 Å². The third kappa shape index (κ3) is 4.32. The van der Waals surface area contributed by atoms with E-state index in [1.54, 1.807) is 6.07 Å².